The molecule has 0 heterocycles. The number of rotatable bonds is 40. The van der Waals surface area contributed by atoms with E-state index >= 15 is 0 Å². The van der Waals surface area contributed by atoms with Gasteiger partial charge in [0.15, 0.2) is 0 Å². The zero-order chi connectivity index (χ0) is 38.9. The molecule has 1 amide bonds. The highest BCUT2D eigenvalue weighted by molar-refractivity contribution is 5.83. The van der Waals surface area contributed by atoms with Crippen molar-refractivity contribution >= 4 is 17.8 Å². The largest absolute Gasteiger partial charge is 0.480 e. The molecule has 2 unspecified atom stereocenters. The molecule has 0 rings (SSSR count). The molecule has 53 heavy (non-hydrogen) atoms. The van der Waals surface area contributed by atoms with E-state index in [2.05, 4.69) is 55.6 Å². The smallest absolute Gasteiger partial charge is 0.326 e. The fourth-order valence-corrected chi connectivity index (χ4v) is 6.58. The lowest BCUT2D eigenvalue weighted by atomic mass is 10.0. The number of carboxylic acid groups (broad SMARTS) is 1. The summed E-state index contributed by atoms with van der Waals surface area (Å²) in [7, 11) is 0. The van der Waals surface area contributed by atoms with E-state index in [1.807, 2.05) is 0 Å². The minimum atomic E-state index is -1.01. The standard InChI is InChI=1S/C46H84N2O5/c1-3-5-7-9-10-11-12-13-14-15-16-17-18-19-20-21-22-23-24-25-26-28-34-40-45(50)53-42(36-31-27-8-6-4-2)37-32-29-30-33-39-44(49)48-43(46(51)52)38-35-41-47/h12-13,15-16,18-19,42-43H,3-11,14,17,20-41,47H2,1-2H3,(H,48,49)(H,51,52)/b13-12-,16-15-,19-18-. The van der Waals surface area contributed by atoms with Gasteiger partial charge in [0.05, 0.1) is 0 Å². The van der Waals surface area contributed by atoms with Crippen LogP contribution in [0.4, 0.5) is 0 Å². The van der Waals surface area contributed by atoms with Gasteiger partial charge in [0.1, 0.15) is 12.1 Å². The Hall–Kier alpha value is -2.41. The number of hydrogen-bond donors (Lipinski definition) is 3. The van der Waals surface area contributed by atoms with Crippen molar-refractivity contribution in [2.75, 3.05) is 6.54 Å². The van der Waals surface area contributed by atoms with E-state index in [1.54, 1.807) is 0 Å². The van der Waals surface area contributed by atoms with Gasteiger partial charge in [0.25, 0.3) is 0 Å². The third-order valence-corrected chi connectivity index (χ3v) is 9.96. The molecule has 7 heteroatoms. The Morgan fingerprint density at radius 1 is 0.547 bits per heavy atom. The van der Waals surface area contributed by atoms with Gasteiger partial charge in [-0.3, -0.25) is 9.59 Å². The number of unbranched alkanes of at least 4 members (excludes halogenated alkanes) is 20. The van der Waals surface area contributed by atoms with Crippen LogP contribution in [-0.2, 0) is 19.1 Å². The Kier molecular flexibility index (Phi) is 38.9. The molecule has 0 aromatic heterocycles. The molecule has 0 aliphatic carbocycles. The average Bonchev–Trinajstić information content (AvgIpc) is 3.14. The Bertz CT molecular complexity index is 931. The average molecular weight is 745 g/mol. The number of ether oxygens (including phenoxy) is 1. The summed E-state index contributed by atoms with van der Waals surface area (Å²) in [4.78, 5) is 36.2. The molecule has 2 atom stereocenters. The highest BCUT2D eigenvalue weighted by atomic mass is 16.5. The first-order chi connectivity index (χ1) is 25.9. The maximum absolute atomic E-state index is 12.7. The number of allylic oxidation sites excluding steroid dienone is 6. The molecule has 0 aliphatic rings. The lowest BCUT2D eigenvalue weighted by Crippen LogP contribution is -2.40. The quantitative estimate of drug-likeness (QED) is 0.0326. The summed E-state index contributed by atoms with van der Waals surface area (Å²) in [6.45, 7) is 4.89. The molecule has 0 bridgehead atoms. The van der Waals surface area contributed by atoms with Crippen molar-refractivity contribution in [3.05, 3.63) is 36.5 Å². The van der Waals surface area contributed by atoms with E-state index in [1.165, 1.54) is 109 Å². The van der Waals surface area contributed by atoms with E-state index in [-0.39, 0.29) is 18.0 Å². The molecule has 7 nitrogen and oxygen atoms in total. The monoisotopic (exact) mass is 745 g/mol. The van der Waals surface area contributed by atoms with Crippen molar-refractivity contribution in [3.63, 3.8) is 0 Å². The summed E-state index contributed by atoms with van der Waals surface area (Å²) >= 11 is 0. The molecule has 0 aromatic carbocycles. The number of esters is 1. The molecule has 0 radical (unpaired) electrons. The van der Waals surface area contributed by atoms with Crippen molar-refractivity contribution in [2.24, 2.45) is 5.73 Å². The molecule has 0 fully saturated rings. The number of hydrogen-bond acceptors (Lipinski definition) is 5. The van der Waals surface area contributed by atoms with E-state index in [0.29, 0.717) is 32.2 Å². The summed E-state index contributed by atoms with van der Waals surface area (Å²) in [6.07, 6.45) is 47.8. The normalized spacial score (nSPS) is 13.0. The van der Waals surface area contributed by atoms with Gasteiger partial charge in [-0.2, -0.15) is 0 Å². The summed E-state index contributed by atoms with van der Waals surface area (Å²) in [5.41, 5.74) is 5.48. The summed E-state index contributed by atoms with van der Waals surface area (Å²) in [5.74, 6) is -1.27. The van der Waals surface area contributed by atoms with Gasteiger partial charge in [-0.1, -0.05) is 153 Å². The summed E-state index contributed by atoms with van der Waals surface area (Å²) in [5, 5.41) is 11.9. The van der Waals surface area contributed by atoms with Gasteiger partial charge < -0.3 is 20.9 Å². The van der Waals surface area contributed by atoms with Crippen molar-refractivity contribution in [1.82, 2.24) is 5.32 Å². The number of aliphatic carboxylic acids is 1. The van der Waals surface area contributed by atoms with Crippen LogP contribution in [0.3, 0.4) is 0 Å². The molecule has 4 N–H and O–H groups in total. The van der Waals surface area contributed by atoms with Crippen LogP contribution in [0, 0.1) is 0 Å². The van der Waals surface area contributed by atoms with E-state index in [0.717, 1.165) is 70.6 Å². The highest BCUT2D eigenvalue weighted by Crippen LogP contribution is 2.18. The maximum atomic E-state index is 12.7. The zero-order valence-corrected chi connectivity index (χ0v) is 34.6. The minimum Gasteiger partial charge on any atom is -0.480 e. The summed E-state index contributed by atoms with van der Waals surface area (Å²) in [6, 6.07) is -0.864. The van der Waals surface area contributed by atoms with Crippen molar-refractivity contribution in [3.8, 4) is 0 Å². The maximum Gasteiger partial charge on any atom is 0.326 e. The minimum absolute atomic E-state index is 0.0143. The molecule has 0 saturated heterocycles. The van der Waals surface area contributed by atoms with Crippen LogP contribution in [0.2, 0.25) is 0 Å². The number of carbonyl (C=O) groups is 3. The van der Waals surface area contributed by atoms with Crippen LogP contribution in [-0.4, -0.2) is 41.6 Å². The SMILES string of the molecule is CCCCCCC/C=C\C/C=C\C/C=C\CCCCCCCCCCC(=O)OC(CCCCCCC)CCCCCCC(=O)NC(CCCN)C(=O)O. The molecule has 308 valence electrons. The molecule has 0 aliphatic heterocycles. The second-order valence-electron chi connectivity index (χ2n) is 15.1. The second-order valence-corrected chi connectivity index (χ2v) is 15.1. The Morgan fingerprint density at radius 3 is 1.47 bits per heavy atom. The van der Waals surface area contributed by atoms with E-state index < -0.39 is 12.0 Å². The second kappa shape index (κ2) is 40.8. The predicted octanol–water partition coefficient (Wildman–Crippen LogP) is 12.6. The topological polar surface area (TPSA) is 119 Å². The molecular weight excluding hydrogens is 661 g/mol. The molecule has 0 spiro atoms. The van der Waals surface area contributed by atoms with Crippen LogP contribution >= 0.6 is 0 Å². The van der Waals surface area contributed by atoms with Gasteiger partial charge in [-0.05, 0) is 96.4 Å². The Balaban J connectivity index is 3.99. The van der Waals surface area contributed by atoms with Crippen molar-refractivity contribution in [2.45, 2.75) is 231 Å². The number of carbonyl (C=O) groups excluding carboxylic acids is 2. The van der Waals surface area contributed by atoms with Crippen molar-refractivity contribution < 1.29 is 24.2 Å². The van der Waals surface area contributed by atoms with Gasteiger partial charge >= 0.3 is 11.9 Å². The van der Waals surface area contributed by atoms with Crippen LogP contribution in [0.15, 0.2) is 36.5 Å². The van der Waals surface area contributed by atoms with Crippen LogP contribution < -0.4 is 11.1 Å². The third-order valence-electron chi connectivity index (χ3n) is 9.96. The Morgan fingerprint density at radius 2 is 0.981 bits per heavy atom. The molecular formula is C46H84N2O5. The first-order valence-electron chi connectivity index (χ1n) is 22.3. The first kappa shape index (κ1) is 50.6. The number of nitrogens with one attached hydrogen (secondary N) is 1. The lowest BCUT2D eigenvalue weighted by molar-refractivity contribution is -0.150. The van der Waals surface area contributed by atoms with Gasteiger partial charge in [0, 0.05) is 12.8 Å². The van der Waals surface area contributed by atoms with Gasteiger partial charge in [-0.15, -0.1) is 0 Å². The van der Waals surface area contributed by atoms with E-state index in [9.17, 15) is 19.5 Å². The highest BCUT2D eigenvalue weighted by Gasteiger charge is 2.19. The number of carboxylic acids is 1. The van der Waals surface area contributed by atoms with Crippen molar-refractivity contribution in [1.29, 1.82) is 0 Å². The van der Waals surface area contributed by atoms with Crippen LogP contribution in [0.25, 0.3) is 0 Å². The van der Waals surface area contributed by atoms with Gasteiger partial charge in [0.2, 0.25) is 5.91 Å². The fraction of sp³-hybridized carbons (Fsp3) is 0.804. The first-order valence-corrected chi connectivity index (χ1v) is 22.3. The van der Waals surface area contributed by atoms with E-state index in [4.69, 9.17) is 10.5 Å². The predicted molar refractivity (Wildman–Crippen MR) is 225 cm³/mol. The third kappa shape index (κ3) is 37.7. The number of nitrogens with two attached hydrogens (primary N) is 1. The van der Waals surface area contributed by atoms with Gasteiger partial charge in [-0.25, -0.2) is 4.79 Å². The molecule has 0 saturated carbocycles. The zero-order valence-electron chi connectivity index (χ0n) is 34.6. The number of amides is 1. The lowest BCUT2D eigenvalue weighted by Gasteiger charge is -2.18. The fourth-order valence-electron chi connectivity index (χ4n) is 6.58. The van der Waals surface area contributed by atoms with Crippen LogP contribution in [0.5, 0.6) is 0 Å². The van der Waals surface area contributed by atoms with Crippen LogP contribution in [0.1, 0.15) is 219 Å². The Labute approximate surface area is 326 Å². The summed E-state index contributed by atoms with van der Waals surface area (Å²) < 4.78 is 5.97. The molecule has 0 aromatic rings.